The van der Waals surface area contributed by atoms with E-state index in [0.29, 0.717) is 22.3 Å². The molecule has 2 heterocycles. The number of fused-ring (bicyclic) bond motifs is 1. The molecule has 0 saturated carbocycles. The fourth-order valence-electron chi connectivity index (χ4n) is 1.99. The molecule has 0 amide bonds. The Hall–Kier alpha value is -1.74. The molecule has 7 nitrogen and oxygen atoms in total. The van der Waals surface area contributed by atoms with Crippen LogP contribution in [0.3, 0.4) is 0 Å². The predicted molar refractivity (Wildman–Crippen MR) is 81.2 cm³/mol. The SMILES string of the molecule is Cc1ccc(S(=O)(=O)O)cc1-n1nc(Cl)c2cnc(Cl)nc21. The van der Waals surface area contributed by atoms with E-state index in [4.69, 9.17) is 23.2 Å². The van der Waals surface area contributed by atoms with Crippen molar-refractivity contribution in [3.05, 3.63) is 40.4 Å². The molecule has 0 spiro atoms. The van der Waals surface area contributed by atoms with Crippen LogP contribution in [0.25, 0.3) is 16.7 Å². The molecule has 0 fully saturated rings. The second kappa shape index (κ2) is 5.17. The number of hydrogen-bond donors (Lipinski definition) is 1. The third kappa shape index (κ3) is 2.54. The van der Waals surface area contributed by atoms with Gasteiger partial charge in [0.25, 0.3) is 10.1 Å². The van der Waals surface area contributed by atoms with E-state index in [-0.39, 0.29) is 15.3 Å². The number of aromatic nitrogens is 4. The molecule has 1 aromatic carbocycles. The van der Waals surface area contributed by atoms with Gasteiger partial charge in [-0.25, -0.2) is 9.67 Å². The largest absolute Gasteiger partial charge is 0.294 e. The van der Waals surface area contributed by atoms with E-state index in [1.54, 1.807) is 13.0 Å². The Morgan fingerprint density at radius 2 is 2.00 bits per heavy atom. The van der Waals surface area contributed by atoms with Crippen molar-refractivity contribution >= 4 is 44.4 Å². The number of halogens is 2. The molecule has 0 bridgehead atoms. The first-order chi connectivity index (χ1) is 10.3. The Balaban J connectivity index is 2.34. The summed E-state index contributed by atoms with van der Waals surface area (Å²) in [6, 6.07) is 4.12. The summed E-state index contributed by atoms with van der Waals surface area (Å²) in [5, 5.41) is 4.77. The Labute approximate surface area is 135 Å². The van der Waals surface area contributed by atoms with E-state index in [2.05, 4.69) is 15.1 Å². The van der Waals surface area contributed by atoms with E-state index >= 15 is 0 Å². The van der Waals surface area contributed by atoms with Crippen molar-refractivity contribution in [1.29, 1.82) is 0 Å². The van der Waals surface area contributed by atoms with Gasteiger partial charge in [-0.2, -0.15) is 18.5 Å². The van der Waals surface area contributed by atoms with Crippen LogP contribution in [-0.4, -0.2) is 32.7 Å². The predicted octanol–water partition coefficient (Wildman–Crippen LogP) is 2.68. The van der Waals surface area contributed by atoms with Crippen molar-refractivity contribution in [2.75, 3.05) is 0 Å². The fourth-order valence-corrected chi connectivity index (χ4v) is 2.83. The van der Waals surface area contributed by atoms with Gasteiger partial charge in [-0.15, -0.1) is 0 Å². The Bertz CT molecular complexity index is 1000. The van der Waals surface area contributed by atoms with Crippen LogP contribution in [0.1, 0.15) is 5.56 Å². The van der Waals surface area contributed by atoms with Crippen LogP contribution in [-0.2, 0) is 10.1 Å². The normalized spacial score (nSPS) is 12.0. The first-order valence-corrected chi connectivity index (χ1v) is 8.12. The standard InChI is InChI=1S/C12H8Cl2N4O3S/c1-6-2-3-7(22(19,20)21)4-9(6)18-11-8(10(13)17-18)5-15-12(14)16-11/h2-5H,1H3,(H,19,20,21). The number of aryl methyl sites for hydroxylation is 1. The molecule has 0 aliphatic carbocycles. The van der Waals surface area contributed by atoms with E-state index in [0.717, 1.165) is 0 Å². The summed E-state index contributed by atoms with van der Waals surface area (Å²) >= 11 is 11.8. The summed E-state index contributed by atoms with van der Waals surface area (Å²) in [5.41, 5.74) is 1.45. The van der Waals surface area contributed by atoms with Crippen molar-refractivity contribution in [1.82, 2.24) is 19.7 Å². The van der Waals surface area contributed by atoms with Gasteiger partial charge in [0.2, 0.25) is 5.28 Å². The molecule has 3 aromatic rings. The highest BCUT2D eigenvalue weighted by molar-refractivity contribution is 7.85. The number of nitrogens with zero attached hydrogens (tertiary/aromatic N) is 4. The molecular weight excluding hydrogens is 351 g/mol. The van der Waals surface area contributed by atoms with E-state index in [1.807, 2.05) is 0 Å². The van der Waals surface area contributed by atoms with Gasteiger partial charge in [0.15, 0.2) is 10.8 Å². The van der Waals surface area contributed by atoms with E-state index < -0.39 is 10.1 Å². The second-order valence-electron chi connectivity index (χ2n) is 4.50. The van der Waals surface area contributed by atoms with Crippen molar-refractivity contribution in [3.8, 4) is 5.69 Å². The van der Waals surface area contributed by atoms with Crippen molar-refractivity contribution in [3.63, 3.8) is 0 Å². The summed E-state index contributed by atoms with van der Waals surface area (Å²) in [7, 11) is -4.34. The summed E-state index contributed by atoms with van der Waals surface area (Å²) < 4.78 is 33.1. The van der Waals surface area contributed by atoms with Gasteiger partial charge < -0.3 is 0 Å². The van der Waals surface area contributed by atoms with Gasteiger partial charge in [-0.3, -0.25) is 4.55 Å². The summed E-state index contributed by atoms with van der Waals surface area (Å²) in [6.07, 6.45) is 1.43. The molecule has 0 aliphatic rings. The lowest BCUT2D eigenvalue weighted by Crippen LogP contribution is -2.04. The molecule has 0 aliphatic heterocycles. The van der Waals surface area contributed by atoms with E-state index in [9.17, 15) is 13.0 Å². The van der Waals surface area contributed by atoms with Crippen LogP contribution in [0.2, 0.25) is 10.4 Å². The first kappa shape index (κ1) is 15.2. The molecule has 22 heavy (non-hydrogen) atoms. The zero-order chi connectivity index (χ0) is 16.1. The monoisotopic (exact) mass is 358 g/mol. The molecule has 0 radical (unpaired) electrons. The maximum absolute atomic E-state index is 11.3. The Morgan fingerprint density at radius 3 is 2.68 bits per heavy atom. The minimum absolute atomic E-state index is 0.00824. The van der Waals surface area contributed by atoms with Gasteiger partial charge in [0, 0.05) is 6.20 Å². The number of rotatable bonds is 2. The summed E-state index contributed by atoms with van der Waals surface area (Å²) in [5.74, 6) is 0. The topological polar surface area (TPSA) is 98.0 Å². The van der Waals surface area contributed by atoms with Crippen molar-refractivity contribution in [2.45, 2.75) is 11.8 Å². The van der Waals surface area contributed by atoms with Crippen LogP contribution in [0.5, 0.6) is 0 Å². The highest BCUT2D eigenvalue weighted by Crippen LogP contribution is 2.27. The molecule has 1 N–H and O–H groups in total. The highest BCUT2D eigenvalue weighted by atomic mass is 35.5. The quantitative estimate of drug-likeness (QED) is 0.558. The van der Waals surface area contributed by atoms with Gasteiger partial charge in [-0.1, -0.05) is 17.7 Å². The molecule has 114 valence electrons. The fraction of sp³-hybridized carbons (Fsp3) is 0.0833. The lowest BCUT2D eigenvalue weighted by atomic mass is 10.2. The zero-order valence-electron chi connectivity index (χ0n) is 11.0. The molecule has 0 unspecified atom stereocenters. The van der Waals surface area contributed by atoms with Crippen molar-refractivity contribution in [2.24, 2.45) is 0 Å². The van der Waals surface area contributed by atoms with Gasteiger partial charge in [0.1, 0.15) is 0 Å². The Kier molecular flexibility index (Phi) is 3.56. The van der Waals surface area contributed by atoms with Gasteiger partial charge in [-0.05, 0) is 36.2 Å². The van der Waals surface area contributed by atoms with Crippen LogP contribution in [0, 0.1) is 6.92 Å². The molecule has 10 heteroatoms. The summed E-state index contributed by atoms with van der Waals surface area (Å²) in [6.45, 7) is 1.76. The average Bonchev–Trinajstić information content (AvgIpc) is 2.74. The number of benzene rings is 1. The van der Waals surface area contributed by atoms with Crippen molar-refractivity contribution < 1.29 is 13.0 Å². The lowest BCUT2D eigenvalue weighted by Gasteiger charge is -2.08. The smallest absolute Gasteiger partial charge is 0.282 e. The number of hydrogen-bond acceptors (Lipinski definition) is 5. The Morgan fingerprint density at radius 1 is 1.27 bits per heavy atom. The summed E-state index contributed by atoms with van der Waals surface area (Å²) in [4.78, 5) is 7.64. The lowest BCUT2D eigenvalue weighted by molar-refractivity contribution is 0.483. The minimum atomic E-state index is -4.34. The maximum Gasteiger partial charge on any atom is 0.294 e. The van der Waals surface area contributed by atoms with Crippen LogP contribution in [0.4, 0.5) is 0 Å². The van der Waals surface area contributed by atoms with Gasteiger partial charge in [0.05, 0.1) is 16.0 Å². The second-order valence-corrected chi connectivity index (χ2v) is 6.62. The molecule has 2 aromatic heterocycles. The highest BCUT2D eigenvalue weighted by Gasteiger charge is 2.17. The molecule has 3 rings (SSSR count). The first-order valence-electron chi connectivity index (χ1n) is 5.92. The zero-order valence-corrected chi connectivity index (χ0v) is 13.4. The molecular formula is C12H8Cl2N4O3S. The third-order valence-corrected chi connectivity index (χ3v) is 4.37. The minimum Gasteiger partial charge on any atom is -0.282 e. The van der Waals surface area contributed by atoms with E-state index in [1.165, 1.54) is 23.0 Å². The maximum atomic E-state index is 11.3. The van der Waals surface area contributed by atoms with Crippen LogP contribution in [0.15, 0.2) is 29.3 Å². The average molecular weight is 359 g/mol. The molecule has 0 saturated heterocycles. The van der Waals surface area contributed by atoms with Crippen LogP contribution >= 0.6 is 23.2 Å². The van der Waals surface area contributed by atoms with Gasteiger partial charge >= 0.3 is 0 Å². The third-order valence-electron chi connectivity index (χ3n) is 3.06. The van der Waals surface area contributed by atoms with Crippen LogP contribution < -0.4 is 0 Å². The molecule has 0 atom stereocenters.